The summed E-state index contributed by atoms with van der Waals surface area (Å²) in [7, 11) is 5.60. The van der Waals surface area contributed by atoms with E-state index in [1.165, 1.54) is 12.8 Å². The van der Waals surface area contributed by atoms with E-state index in [4.69, 9.17) is 4.74 Å². The Balaban J connectivity index is 1.94. The minimum Gasteiger partial charge on any atom is -0.497 e. The third-order valence-electron chi connectivity index (χ3n) is 5.15. The van der Waals surface area contributed by atoms with Gasteiger partial charge in [0, 0.05) is 31.9 Å². The zero-order valence-corrected chi connectivity index (χ0v) is 16.5. The van der Waals surface area contributed by atoms with Crippen molar-refractivity contribution in [1.29, 1.82) is 0 Å². The van der Waals surface area contributed by atoms with Crippen molar-refractivity contribution in [2.45, 2.75) is 38.6 Å². The number of amides is 1. The number of nitrogens with one attached hydrogen (secondary N) is 1. The summed E-state index contributed by atoms with van der Waals surface area (Å²) < 4.78 is 5.27. The van der Waals surface area contributed by atoms with Crippen LogP contribution in [0.25, 0.3) is 0 Å². The minimum atomic E-state index is 0.263. The Morgan fingerprint density at radius 3 is 2.52 bits per heavy atom. The number of nitrogens with zero attached hydrogens (tertiary/aromatic N) is 3. The van der Waals surface area contributed by atoms with Crippen LogP contribution in [0.2, 0.25) is 0 Å². The van der Waals surface area contributed by atoms with Crippen LogP contribution in [0, 0.1) is 6.92 Å². The van der Waals surface area contributed by atoms with Crippen molar-refractivity contribution in [3.8, 4) is 5.75 Å². The Bertz CT molecular complexity index is 801. The van der Waals surface area contributed by atoms with E-state index in [9.17, 15) is 4.79 Å². The predicted molar refractivity (Wildman–Crippen MR) is 110 cm³/mol. The van der Waals surface area contributed by atoms with Crippen LogP contribution in [-0.4, -0.2) is 38.6 Å². The van der Waals surface area contributed by atoms with Gasteiger partial charge in [0.15, 0.2) is 0 Å². The van der Waals surface area contributed by atoms with Crippen LogP contribution in [0.15, 0.2) is 30.5 Å². The second kappa shape index (κ2) is 8.29. The SMILES string of the molecule is COc1ccc(Nc2cc(N(C=O)C3CCCC3)c(N(C)C)cn2)c(C)c1. The lowest BCUT2D eigenvalue weighted by molar-refractivity contribution is -0.107. The first-order valence-corrected chi connectivity index (χ1v) is 9.36. The number of aryl methyl sites for hydroxylation is 1. The van der Waals surface area contributed by atoms with Crippen LogP contribution in [0.4, 0.5) is 22.9 Å². The van der Waals surface area contributed by atoms with Crippen molar-refractivity contribution >= 4 is 29.3 Å². The zero-order chi connectivity index (χ0) is 19.4. The number of pyridine rings is 1. The molecule has 27 heavy (non-hydrogen) atoms. The van der Waals surface area contributed by atoms with Crippen LogP contribution in [-0.2, 0) is 4.79 Å². The number of carbonyl (C=O) groups excluding carboxylic acids is 1. The number of ether oxygens (including phenoxy) is 1. The molecule has 1 saturated carbocycles. The topological polar surface area (TPSA) is 57.7 Å². The van der Waals surface area contributed by atoms with Gasteiger partial charge < -0.3 is 19.9 Å². The Labute approximate surface area is 161 Å². The largest absolute Gasteiger partial charge is 0.497 e. The van der Waals surface area contributed by atoms with E-state index in [0.717, 1.165) is 47.6 Å². The van der Waals surface area contributed by atoms with E-state index in [1.807, 2.05) is 61.3 Å². The molecule has 0 saturated heterocycles. The first-order chi connectivity index (χ1) is 13.0. The highest BCUT2D eigenvalue weighted by Gasteiger charge is 2.25. The number of hydrogen-bond acceptors (Lipinski definition) is 5. The molecule has 6 nitrogen and oxygen atoms in total. The number of hydrogen-bond donors (Lipinski definition) is 1. The third-order valence-corrected chi connectivity index (χ3v) is 5.15. The molecule has 1 heterocycles. The molecule has 0 bridgehead atoms. The molecule has 1 aromatic heterocycles. The smallest absolute Gasteiger partial charge is 0.214 e. The van der Waals surface area contributed by atoms with Gasteiger partial charge in [-0.2, -0.15) is 0 Å². The van der Waals surface area contributed by atoms with E-state index in [-0.39, 0.29) is 6.04 Å². The first-order valence-electron chi connectivity index (χ1n) is 9.36. The van der Waals surface area contributed by atoms with Gasteiger partial charge in [0.2, 0.25) is 6.41 Å². The van der Waals surface area contributed by atoms with E-state index in [0.29, 0.717) is 5.82 Å². The molecular weight excluding hydrogens is 340 g/mol. The molecule has 1 aromatic carbocycles. The van der Waals surface area contributed by atoms with Crippen LogP contribution < -0.4 is 19.9 Å². The van der Waals surface area contributed by atoms with Gasteiger partial charge in [-0.05, 0) is 43.5 Å². The lowest BCUT2D eigenvalue weighted by atomic mass is 10.1. The normalized spacial score (nSPS) is 14.1. The number of rotatable bonds is 7. The van der Waals surface area contributed by atoms with Gasteiger partial charge in [-0.3, -0.25) is 4.79 Å². The maximum atomic E-state index is 11.9. The van der Waals surface area contributed by atoms with Crippen LogP contribution in [0.1, 0.15) is 31.2 Å². The van der Waals surface area contributed by atoms with E-state index < -0.39 is 0 Å². The molecule has 1 amide bonds. The Morgan fingerprint density at radius 2 is 1.93 bits per heavy atom. The molecule has 0 unspecified atom stereocenters. The fraction of sp³-hybridized carbons (Fsp3) is 0.429. The summed E-state index contributed by atoms with van der Waals surface area (Å²) in [6.45, 7) is 2.02. The van der Waals surface area contributed by atoms with Crippen molar-refractivity contribution in [1.82, 2.24) is 4.98 Å². The molecule has 1 N–H and O–H groups in total. The van der Waals surface area contributed by atoms with Gasteiger partial charge >= 0.3 is 0 Å². The fourth-order valence-corrected chi connectivity index (χ4v) is 3.62. The number of aromatic nitrogens is 1. The predicted octanol–water partition coefficient (Wildman–Crippen LogP) is 4.11. The Morgan fingerprint density at radius 1 is 1.19 bits per heavy atom. The van der Waals surface area contributed by atoms with Gasteiger partial charge in [0.1, 0.15) is 11.6 Å². The minimum absolute atomic E-state index is 0.263. The van der Waals surface area contributed by atoms with Gasteiger partial charge in [-0.15, -0.1) is 0 Å². The van der Waals surface area contributed by atoms with E-state index in [2.05, 4.69) is 10.3 Å². The van der Waals surface area contributed by atoms with Crippen LogP contribution in [0.5, 0.6) is 5.75 Å². The van der Waals surface area contributed by atoms with Gasteiger partial charge in [-0.1, -0.05) is 12.8 Å². The van der Waals surface area contributed by atoms with Crippen molar-refractivity contribution in [3.63, 3.8) is 0 Å². The third kappa shape index (κ3) is 4.15. The number of methoxy groups -OCH3 is 1. The number of anilines is 4. The summed E-state index contributed by atoms with van der Waals surface area (Å²) >= 11 is 0. The zero-order valence-electron chi connectivity index (χ0n) is 16.5. The number of carbonyl (C=O) groups is 1. The molecule has 1 aliphatic carbocycles. The van der Waals surface area contributed by atoms with Crippen molar-refractivity contribution in [2.75, 3.05) is 36.3 Å². The van der Waals surface area contributed by atoms with E-state index in [1.54, 1.807) is 7.11 Å². The molecular formula is C21H28N4O2. The molecule has 0 aliphatic heterocycles. The van der Waals surface area contributed by atoms with Crippen LogP contribution >= 0.6 is 0 Å². The highest BCUT2D eigenvalue weighted by atomic mass is 16.5. The molecule has 3 rings (SSSR count). The summed E-state index contributed by atoms with van der Waals surface area (Å²) in [5.74, 6) is 1.54. The van der Waals surface area contributed by atoms with Gasteiger partial charge in [0.05, 0.1) is 24.7 Å². The molecule has 0 radical (unpaired) electrons. The number of benzene rings is 1. The average molecular weight is 368 g/mol. The van der Waals surface area contributed by atoms with Crippen molar-refractivity contribution in [2.24, 2.45) is 0 Å². The summed E-state index contributed by atoms with van der Waals surface area (Å²) in [5, 5.41) is 3.37. The first kappa shape index (κ1) is 19.0. The van der Waals surface area contributed by atoms with E-state index >= 15 is 0 Å². The molecule has 6 heteroatoms. The van der Waals surface area contributed by atoms with Gasteiger partial charge in [0.25, 0.3) is 0 Å². The monoisotopic (exact) mass is 368 g/mol. The van der Waals surface area contributed by atoms with Crippen molar-refractivity contribution in [3.05, 3.63) is 36.0 Å². The lowest BCUT2D eigenvalue weighted by Crippen LogP contribution is -2.33. The highest BCUT2D eigenvalue weighted by molar-refractivity contribution is 5.86. The molecule has 1 fully saturated rings. The summed E-state index contributed by atoms with van der Waals surface area (Å²) in [4.78, 5) is 20.3. The maximum Gasteiger partial charge on any atom is 0.214 e. The Hall–Kier alpha value is -2.76. The van der Waals surface area contributed by atoms with Crippen LogP contribution in [0.3, 0.4) is 0 Å². The quantitative estimate of drug-likeness (QED) is 0.745. The van der Waals surface area contributed by atoms with Crippen molar-refractivity contribution < 1.29 is 9.53 Å². The second-order valence-corrected chi connectivity index (χ2v) is 7.21. The molecule has 0 atom stereocenters. The second-order valence-electron chi connectivity index (χ2n) is 7.21. The molecule has 1 aliphatic rings. The summed E-state index contributed by atoms with van der Waals surface area (Å²) in [6.07, 6.45) is 7.23. The Kier molecular flexibility index (Phi) is 5.84. The summed E-state index contributed by atoms with van der Waals surface area (Å²) in [6, 6.07) is 8.10. The van der Waals surface area contributed by atoms with Gasteiger partial charge in [-0.25, -0.2) is 4.98 Å². The molecule has 2 aromatic rings. The molecule has 0 spiro atoms. The summed E-state index contributed by atoms with van der Waals surface area (Å²) in [5.41, 5.74) is 3.86. The molecule has 144 valence electrons. The highest BCUT2D eigenvalue weighted by Crippen LogP contribution is 2.35. The fourth-order valence-electron chi connectivity index (χ4n) is 3.62. The standard InChI is InChI=1S/C21H28N4O2/c1-15-11-17(27-4)9-10-18(15)23-21-12-19(20(13-22-21)24(2)3)25(14-26)16-7-5-6-8-16/h9-14,16H,5-8H2,1-4H3,(H,22,23). The lowest BCUT2D eigenvalue weighted by Gasteiger charge is -2.29. The average Bonchev–Trinajstić information content (AvgIpc) is 3.18. The maximum absolute atomic E-state index is 11.9.